The lowest BCUT2D eigenvalue weighted by Gasteiger charge is -2.15. The van der Waals surface area contributed by atoms with Crippen LogP contribution in [0.4, 0.5) is 10.1 Å². The number of amides is 1. The Labute approximate surface area is 150 Å². The zero-order chi connectivity index (χ0) is 18.9. The Morgan fingerprint density at radius 2 is 1.65 bits per heavy atom. The number of benzene rings is 2. The van der Waals surface area contributed by atoms with Crippen LogP contribution in [0.5, 0.6) is 11.5 Å². The second kappa shape index (κ2) is 9.41. The first kappa shape index (κ1) is 19.2. The molecule has 0 aliphatic heterocycles. The van der Waals surface area contributed by atoms with Gasteiger partial charge in [-0.05, 0) is 50.2 Å². The molecule has 0 aliphatic rings. The van der Waals surface area contributed by atoms with E-state index in [0.717, 1.165) is 0 Å². The average molecular weight is 361 g/mol. The summed E-state index contributed by atoms with van der Waals surface area (Å²) in [6.07, 6.45) is -1.03. The predicted octanol–water partition coefficient (Wildman–Crippen LogP) is 3.17. The number of esters is 1. The maximum absolute atomic E-state index is 12.9. The van der Waals surface area contributed by atoms with Gasteiger partial charge in [0, 0.05) is 5.69 Å². The molecule has 0 bridgehead atoms. The highest BCUT2D eigenvalue weighted by molar-refractivity contribution is 5.95. The van der Waals surface area contributed by atoms with Gasteiger partial charge in [0.05, 0.1) is 6.61 Å². The highest BCUT2D eigenvalue weighted by Gasteiger charge is 2.18. The highest BCUT2D eigenvalue weighted by Crippen LogP contribution is 2.26. The zero-order valence-corrected chi connectivity index (χ0v) is 14.5. The second-order valence-electron chi connectivity index (χ2n) is 5.30. The zero-order valence-electron chi connectivity index (χ0n) is 14.5. The van der Waals surface area contributed by atoms with Crippen LogP contribution in [-0.4, -0.2) is 31.2 Å². The van der Waals surface area contributed by atoms with E-state index in [1.165, 1.54) is 31.2 Å². The van der Waals surface area contributed by atoms with Crippen LogP contribution < -0.4 is 14.8 Å². The summed E-state index contributed by atoms with van der Waals surface area (Å²) < 4.78 is 28.7. The molecule has 138 valence electrons. The van der Waals surface area contributed by atoms with Crippen molar-refractivity contribution in [3.63, 3.8) is 0 Å². The summed E-state index contributed by atoms with van der Waals surface area (Å²) in [6.45, 7) is 3.38. The molecule has 26 heavy (non-hydrogen) atoms. The number of hydrogen-bond donors (Lipinski definition) is 1. The molecule has 1 N–H and O–H groups in total. The molecule has 2 aromatic carbocycles. The van der Waals surface area contributed by atoms with Gasteiger partial charge in [0.25, 0.3) is 5.91 Å². The van der Waals surface area contributed by atoms with E-state index < -0.39 is 23.8 Å². The minimum atomic E-state index is -1.03. The number of carbonyl (C=O) groups is 2. The third-order valence-electron chi connectivity index (χ3n) is 3.28. The summed E-state index contributed by atoms with van der Waals surface area (Å²) >= 11 is 0. The van der Waals surface area contributed by atoms with E-state index in [4.69, 9.17) is 14.2 Å². The van der Waals surface area contributed by atoms with Crippen LogP contribution in [0.25, 0.3) is 0 Å². The quantitative estimate of drug-likeness (QED) is 0.731. The molecule has 0 spiro atoms. The maximum Gasteiger partial charge on any atom is 0.344 e. The summed E-state index contributed by atoms with van der Waals surface area (Å²) in [5.41, 5.74) is 0.404. The van der Waals surface area contributed by atoms with E-state index in [9.17, 15) is 14.0 Å². The molecule has 0 saturated heterocycles. The Kier molecular flexibility index (Phi) is 6.96. The van der Waals surface area contributed by atoms with Crippen LogP contribution in [0.15, 0.2) is 48.5 Å². The van der Waals surface area contributed by atoms with Crippen LogP contribution in [0.3, 0.4) is 0 Å². The minimum Gasteiger partial charge on any atom is -0.490 e. The van der Waals surface area contributed by atoms with Crippen molar-refractivity contribution < 1.29 is 28.2 Å². The standard InChI is InChI=1S/C19H20FNO5/c1-3-24-16-6-4-5-7-17(16)25-12-18(22)26-13(2)19(23)21-15-10-8-14(20)9-11-15/h4-11,13H,3,12H2,1-2H3,(H,21,23)/t13-/m0/s1. The van der Waals surface area contributed by atoms with Gasteiger partial charge < -0.3 is 19.5 Å². The minimum absolute atomic E-state index is 0.363. The number of hydrogen-bond acceptors (Lipinski definition) is 5. The fraction of sp³-hybridized carbons (Fsp3) is 0.263. The second-order valence-corrected chi connectivity index (χ2v) is 5.30. The van der Waals surface area contributed by atoms with Gasteiger partial charge in [-0.2, -0.15) is 0 Å². The van der Waals surface area contributed by atoms with Crippen LogP contribution in [0, 0.1) is 5.82 Å². The lowest BCUT2D eigenvalue weighted by molar-refractivity contribution is -0.155. The Morgan fingerprint density at radius 1 is 1.04 bits per heavy atom. The van der Waals surface area contributed by atoms with E-state index in [2.05, 4.69) is 5.32 Å². The van der Waals surface area contributed by atoms with Gasteiger partial charge in [-0.25, -0.2) is 9.18 Å². The first-order valence-corrected chi connectivity index (χ1v) is 8.10. The fourth-order valence-corrected chi connectivity index (χ4v) is 2.04. The molecule has 0 fully saturated rings. The summed E-state index contributed by atoms with van der Waals surface area (Å²) in [5, 5.41) is 2.53. The van der Waals surface area contributed by atoms with Crippen molar-refractivity contribution in [3.05, 3.63) is 54.3 Å². The normalized spacial score (nSPS) is 11.3. The summed E-state index contributed by atoms with van der Waals surface area (Å²) in [5.74, 6) is -0.704. The van der Waals surface area contributed by atoms with Crippen LogP contribution in [0.2, 0.25) is 0 Å². The molecule has 0 unspecified atom stereocenters. The van der Waals surface area contributed by atoms with Crippen molar-refractivity contribution >= 4 is 17.6 Å². The smallest absolute Gasteiger partial charge is 0.344 e. The molecule has 2 aromatic rings. The number of para-hydroxylation sites is 2. The SMILES string of the molecule is CCOc1ccccc1OCC(=O)O[C@@H](C)C(=O)Nc1ccc(F)cc1. The topological polar surface area (TPSA) is 73.9 Å². The molecule has 6 nitrogen and oxygen atoms in total. The van der Waals surface area contributed by atoms with Crippen molar-refractivity contribution in [3.8, 4) is 11.5 Å². The Bertz CT molecular complexity index is 748. The number of nitrogens with one attached hydrogen (secondary N) is 1. The van der Waals surface area contributed by atoms with Gasteiger partial charge in [-0.1, -0.05) is 12.1 Å². The molecule has 0 saturated carbocycles. The summed E-state index contributed by atoms with van der Waals surface area (Å²) in [6, 6.07) is 12.2. The molecule has 0 aromatic heterocycles. The monoisotopic (exact) mass is 361 g/mol. The van der Waals surface area contributed by atoms with Gasteiger partial charge in [0.15, 0.2) is 24.2 Å². The van der Waals surface area contributed by atoms with Gasteiger partial charge in [0.1, 0.15) is 5.82 Å². The number of rotatable bonds is 8. The Balaban J connectivity index is 1.83. The van der Waals surface area contributed by atoms with Crippen molar-refractivity contribution in [2.75, 3.05) is 18.5 Å². The third kappa shape index (κ3) is 5.77. The van der Waals surface area contributed by atoms with Crippen LogP contribution in [0.1, 0.15) is 13.8 Å². The molecule has 2 rings (SSSR count). The number of carbonyl (C=O) groups excluding carboxylic acids is 2. The van der Waals surface area contributed by atoms with Gasteiger partial charge in [-0.15, -0.1) is 0 Å². The molecular formula is C19H20FNO5. The Hall–Kier alpha value is -3.09. The van der Waals surface area contributed by atoms with E-state index in [0.29, 0.717) is 23.8 Å². The lowest BCUT2D eigenvalue weighted by atomic mass is 10.3. The first-order chi connectivity index (χ1) is 12.5. The molecule has 7 heteroatoms. The van der Waals surface area contributed by atoms with E-state index in [1.54, 1.807) is 24.3 Å². The molecule has 1 atom stereocenters. The molecule has 0 heterocycles. The molecule has 1 amide bonds. The number of anilines is 1. The van der Waals surface area contributed by atoms with E-state index in [-0.39, 0.29) is 6.61 Å². The third-order valence-corrected chi connectivity index (χ3v) is 3.28. The lowest BCUT2D eigenvalue weighted by Crippen LogP contribution is -2.31. The molecular weight excluding hydrogens is 341 g/mol. The summed E-state index contributed by atoms with van der Waals surface area (Å²) in [4.78, 5) is 23.9. The molecule has 0 radical (unpaired) electrons. The largest absolute Gasteiger partial charge is 0.490 e. The van der Waals surface area contributed by atoms with E-state index in [1.807, 2.05) is 6.92 Å². The van der Waals surface area contributed by atoms with Gasteiger partial charge in [-0.3, -0.25) is 4.79 Å². The predicted molar refractivity (Wildman–Crippen MR) is 93.7 cm³/mol. The van der Waals surface area contributed by atoms with Crippen molar-refractivity contribution in [2.24, 2.45) is 0 Å². The van der Waals surface area contributed by atoms with Gasteiger partial charge in [0.2, 0.25) is 0 Å². The summed E-state index contributed by atoms with van der Waals surface area (Å²) in [7, 11) is 0. The fourth-order valence-electron chi connectivity index (χ4n) is 2.04. The van der Waals surface area contributed by atoms with E-state index >= 15 is 0 Å². The van der Waals surface area contributed by atoms with Crippen molar-refractivity contribution in [2.45, 2.75) is 20.0 Å². The highest BCUT2D eigenvalue weighted by atomic mass is 19.1. The number of ether oxygens (including phenoxy) is 3. The van der Waals surface area contributed by atoms with Crippen molar-refractivity contribution in [1.82, 2.24) is 0 Å². The average Bonchev–Trinajstić information content (AvgIpc) is 2.63. The molecule has 0 aliphatic carbocycles. The first-order valence-electron chi connectivity index (χ1n) is 8.10. The maximum atomic E-state index is 12.9. The Morgan fingerprint density at radius 3 is 2.27 bits per heavy atom. The van der Waals surface area contributed by atoms with Gasteiger partial charge >= 0.3 is 5.97 Å². The van der Waals surface area contributed by atoms with Crippen LogP contribution in [-0.2, 0) is 14.3 Å². The number of halogens is 1. The van der Waals surface area contributed by atoms with Crippen LogP contribution >= 0.6 is 0 Å². The van der Waals surface area contributed by atoms with Crippen molar-refractivity contribution in [1.29, 1.82) is 0 Å².